The van der Waals surface area contributed by atoms with Crippen LogP contribution in [-0.2, 0) is 14.3 Å². The Morgan fingerprint density at radius 3 is 2.74 bits per heavy atom. The van der Waals surface area contributed by atoms with E-state index in [0.29, 0.717) is 0 Å². The number of esters is 1. The Hall–Kier alpha value is -2.04. The minimum absolute atomic E-state index is 0.0890. The first-order chi connectivity index (χ1) is 11.2. The van der Waals surface area contributed by atoms with Crippen LogP contribution in [0.2, 0.25) is 0 Å². The van der Waals surface area contributed by atoms with E-state index in [1.54, 1.807) is 0 Å². The van der Waals surface area contributed by atoms with Gasteiger partial charge in [0.1, 0.15) is 5.75 Å². The van der Waals surface area contributed by atoms with E-state index in [1.807, 2.05) is 35.2 Å². The average Bonchev–Trinajstić information content (AvgIpc) is 2.60. The third-order valence-electron chi connectivity index (χ3n) is 4.09. The highest BCUT2D eigenvalue weighted by Gasteiger charge is 2.25. The molecule has 1 heterocycles. The molecule has 1 saturated heterocycles. The maximum Gasteiger partial charge on any atom is 0.309 e. The Labute approximate surface area is 137 Å². The fraction of sp³-hybridized carbons (Fsp3) is 0.556. The van der Waals surface area contributed by atoms with E-state index in [-0.39, 0.29) is 31.6 Å². The van der Waals surface area contributed by atoms with Crippen LogP contribution in [0.25, 0.3) is 0 Å². The van der Waals surface area contributed by atoms with Crippen LogP contribution in [0.5, 0.6) is 5.75 Å². The maximum atomic E-state index is 12.2. The standard InChI is InChI=1S/C18H25NO4/c1-2-15-8-6-7-12-19(15)17(20)14-23-18(21)11-13-22-16-9-4-3-5-10-16/h3-5,9-10,15H,2,6-8,11-14H2,1H3. The molecule has 1 atom stereocenters. The van der Waals surface area contributed by atoms with E-state index in [1.165, 1.54) is 6.42 Å². The molecule has 0 bridgehead atoms. The monoisotopic (exact) mass is 319 g/mol. The van der Waals surface area contributed by atoms with Crippen LogP contribution in [0.15, 0.2) is 30.3 Å². The molecule has 0 aromatic heterocycles. The van der Waals surface area contributed by atoms with Crippen molar-refractivity contribution in [2.45, 2.75) is 45.1 Å². The number of rotatable bonds is 7. The van der Waals surface area contributed by atoms with Gasteiger partial charge in [-0.1, -0.05) is 25.1 Å². The number of benzene rings is 1. The molecule has 1 amide bonds. The fourth-order valence-corrected chi connectivity index (χ4v) is 2.82. The van der Waals surface area contributed by atoms with Crippen molar-refractivity contribution in [1.82, 2.24) is 4.90 Å². The molecule has 1 unspecified atom stereocenters. The molecule has 2 rings (SSSR count). The van der Waals surface area contributed by atoms with Gasteiger partial charge in [-0.05, 0) is 37.8 Å². The molecule has 126 valence electrons. The summed E-state index contributed by atoms with van der Waals surface area (Å²) in [6, 6.07) is 9.59. The molecule has 0 spiro atoms. The molecular weight excluding hydrogens is 294 g/mol. The number of carbonyl (C=O) groups is 2. The van der Waals surface area contributed by atoms with Crippen molar-refractivity contribution in [3.63, 3.8) is 0 Å². The summed E-state index contributed by atoms with van der Waals surface area (Å²) in [6.45, 7) is 2.94. The third-order valence-corrected chi connectivity index (χ3v) is 4.09. The van der Waals surface area contributed by atoms with Crippen molar-refractivity contribution in [2.24, 2.45) is 0 Å². The second-order valence-corrected chi connectivity index (χ2v) is 5.72. The molecule has 23 heavy (non-hydrogen) atoms. The molecule has 1 aromatic carbocycles. The molecule has 0 N–H and O–H groups in total. The molecule has 0 radical (unpaired) electrons. The predicted molar refractivity (Wildman–Crippen MR) is 87.2 cm³/mol. The number of para-hydroxylation sites is 1. The lowest BCUT2D eigenvalue weighted by atomic mass is 10.00. The van der Waals surface area contributed by atoms with E-state index < -0.39 is 5.97 Å². The van der Waals surface area contributed by atoms with E-state index in [4.69, 9.17) is 9.47 Å². The van der Waals surface area contributed by atoms with Gasteiger partial charge in [-0.25, -0.2) is 0 Å². The van der Waals surface area contributed by atoms with Gasteiger partial charge in [-0.3, -0.25) is 9.59 Å². The first-order valence-corrected chi connectivity index (χ1v) is 8.33. The summed E-state index contributed by atoms with van der Waals surface area (Å²) < 4.78 is 10.5. The lowest BCUT2D eigenvalue weighted by Gasteiger charge is -2.35. The Kier molecular flexibility index (Phi) is 6.91. The van der Waals surface area contributed by atoms with Crippen molar-refractivity contribution >= 4 is 11.9 Å². The van der Waals surface area contributed by atoms with Gasteiger partial charge < -0.3 is 14.4 Å². The van der Waals surface area contributed by atoms with Crippen LogP contribution in [-0.4, -0.2) is 42.6 Å². The zero-order valence-electron chi connectivity index (χ0n) is 13.7. The van der Waals surface area contributed by atoms with E-state index >= 15 is 0 Å². The van der Waals surface area contributed by atoms with Crippen molar-refractivity contribution in [2.75, 3.05) is 19.8 Å². The highest BCUT2D eigenvalue weighted by molar-refractivity contribution is 5.81. The van der Waals surface area contributed by atoms with Gasteiger partial charge >= 0.3 is 5.97 Å². The Balaban J connectivity index is 1.66. The molecule has 0 aliphatic carbocycles. The number of carbonyl (C=O) groups excluding carboxylic acids is 2. The molecule has 1 aliphatic rings. The normalized spacial score (nSPS) is 17.6. The minimum atomic E-state index is -0.403. The quantitative estimate of drug-likeness (QED) is 0.725. The summed E-state index contributed by atoms with van der Waals surface area (Å²) >= 11 is 0. The predicted octanol–water partition coefficient (Wildman–Crippen LogP) is 2.79. The first kappa shape index (κ1) is 17.3. The van der Waals surface area contributed by atoms with E-state index in [9.17, 15) is 9.59 Å². The number of piperidine rings is 1. The Morgan fingerprint density at radius 2 is 2.00 bits per heavy atom. The SMILES string of the molecule is CCC1CCCCN1C(=O)COC(=O)CCOc1ccccc1. The molecule has 5 heteroatoms. The van der Waals surface area contributed by atoms with E-state index in [2.05, 4.69) is 6.92 Å². The van der Waals surface area contributed by atoms with Crippen LogP contribution in [0.3, 0.4) is 0 Å². The molecule has 1 fully saturated rings. The molecule has 5 nitrogen and oxygen atoms in total. The Bertz CT molecular complexity index is 503. The maximum absolute atomic E-state index is 12.2. The fourth-order valence-electron chi connectivity index (χ4n) is 2.82. The van der Waals surface area contributed by atoms with Gasteiger partial charge in [0, 0.05) is 12.6 Å². The largest absolute Gasteiger partial charge is 0.493 e. The molecule has 1 aromatic rings. The molecule has 1 aliphatic heterocycles. The van der Waals surface area contributed by atoms with Crippen molar-refractivity contribution in [3.8, 4) is 5.75 Å². The van der Waals surface area contributed by atoms with Crippen LogP contribution in [0, 0.1) is 0 Å². The van der Waals surface area contributed by atoms with Gasteiger partial charge in [0.15, 0.2) is 6.61 Å². The summed E-state index contributed by atoms with van der Waals surface area (Å²) in [7, 11) is 0. The zero-order valence-corrected chi connectivity index (χ0v) is 13.7. The Morgan fingerprint density at radius 1 is 1.22 bits per heavy atom. The number of hydrogen-bond acceptors (Lipinski definition) is 4. The average molecular weight is 319 g/mol. The minimum Gasteiger partial charge on any atom is -0.493 e. The van der Waals surface area contributed by atoms with E-state index in [0.717, 1.165) is 31.6 Å². The lowest BCUT2D eigenvalue weighted by Crippen LogP contribution is -2.45. The summed E-state index contributed by atoms with van der Waals surface area (Å²) in [5.41, 5.74) is 0. The number of hydrogen-bond donors (Lipinski definition) is 0. The van der Waals surface area contributed by atoms with Gasteiger partial charge in [-0.2, -0.15) is 0 Å². The summed E-state index contributed by atoms with van der Waals surface area (Å²) in [6.07, 6.45) is 4.32. The smallest absolute Gasteiger partial charge is 0.309 e. The zero-order chi connectivity index (χ0) is 16.5. The summed E-state index contributed by atoms with van der Waals surface area (Å²) in [5, 5.41) is 0. The number of likely N-dealkylation sites (tertiary alicyclic amines) is 1. The van der Waals surface area contributed by atoms with Crippen LogP contribution in [0.1, 0.15) is 39.0 Å². The summed E-state index contributed by atoms with van der Waals surface area (Å²) in [5.74, 6) is 0.226. The number of nitrogens with zero attached hydrogens (tertiary/aromatic N) is 1. The topological polar surface area (TPSA) is 55.8 Å². The number of ether oxygens (including phenoxy) is 2. The van der Waals surface area contributed by atoms with Crippen molar-refractivity contribution in [3.05, 3.63) is 30.3 Å². The third kappa shape index (κ3) is 5.58. The van der Waals surface area contributed by atoms with Gasteiger partial charge in [0.2, 0.25) is 0 Å². The molecule has 0 saturated carbocycles. The first-order valence-electron chi connectivity index (χ1n) is 8.33. The van der Waals surface area contributed by atoms with Crippen molar-refractivity contribution in [1.29, 1.82) is 0 Å². The number of amides is 1. The highest BCUT2D eigenvalue weighted by Crippen LogP contribution is 2.19. The summed E-state index contributed by atoms with van der Waals surface area (Å²) in [4.78, 5) is 25.7. The van der Waals surface area contributed by atoms with Crippen LogP contribution >= 0.6 is 0 Å². The second kappa shape index (κ2) is 9.18. The van der Waals surface area contributed by atoms with Gasteiger partial charge in [-0.15, -0.1) is 0 Å². The van der Waals surface area contributed by atoms with Crippen LogP contribution in [0.4, 0.5) is 0 Å². The van der Waals surface area contributed by atoms with Crippen molar-refractivity contribution < 1.29 is 19.1 Å². The molecular formula is C18H25NO4. The van der Waals surface area contributed by atoms with Gasteiger partial charge in [0.05, 0.1) is 13.0 Å². The van der Waals surface area contributed by atoms with Gasteiger partial charge in [0.25, 0.3) is 5.91 Å². The lowest BCUT2D eigenvalue weighted by molar-refractivity contribution is -0.154. The second-order valence-electron chi connectivity index (χ2n) is 5.72. The highest BCUT2D eigenvalue weighted by atomic mass is 16.5. The van der Waals surface area contributed by atoms with Crippen LogP contribution < -0.4 is 4.74 Å².